The number of hydrogen-bond acceptors (Lipinski definition) is 7. The number of primary amides is 1. The number of halogens is 3. The lowest BCUT2D eigenvalue weighted by Crippen LogP contribution is -2.31. The lowest BCUT2D eigenvalue weighted by Gasteiger charge is -2.16. The molecular weight excluding hydrogens is 474 g/mol. The van der Waals surface area contributed by atoms with E-state index in [-0.39, 0.29) is 11.4 Å². The van der Waals surface area contributed by atoms with Crippen LogP contribution in [0.15, 0.2) is 66.2 Å². The highest BCUT2D eigenvalue weighted by Gasteiger charge is 2.15. The van der Waals surface area contributed by atoms with Gasteiger partial charge in [0.2, 0.25) is 0 Å². The van der Waals surface area contributed by atoms with Crippen LogP contribution in [0.2, 0.25) is 10.0 Å². The quantitative estimate of drug-likeness (QED) is 0.321. The van der Waals surface area contributed by atoms with Gasteiger partial charge < -0.3 is 10.5 Å². The summed E-state index contributed by atoms with van der Waals surface area (Å²) >= 11 is 12.0. The van der Waals surface area contributed by atoms with Gasteiger partial charge in [-0.1, -0.05) is 29.3 Å². The fraction of sp³-hybridized carbons (Fsp3) is 0. The maximum Gasteiger partial charge on any atom is 0.340 e. The summed E-state index contributed by atoms with van der Waals surface area (Å²) in [6.45, 7) is 0. The van der Waals surface area contributed by atoms with Crippen LogP contribution in [0.4, 0.5) is 14.9 Å². The summed E-state index contributed by atoms with van der Waals surface area (Å²) in [5.41, 5.74) is 5.98. The summed E-state index contributed by atoms with van der Waals surface area (Å²) < 4.78 is 21.7. The van der Waals surface area contributed by atoms with Gasteiger partial charge >= 0.3 is 6.03 Å². The van der Waals surface area contributed by atoms with Gasteiger partial charge in [-0.25, -0.2) is 14.2 Å². The molecule has 0 radical (unpaired) electrons. The van der Waals surface area contributed by atoms with Crippen molar-refractivity contribution in [3.8, 4) is 17.3 Å². The molecule has 0 atom stereocenters. The zero-order valence-electron chi connectivity index (χ0n) is 16.5. The Morgan fingerprint density at radius 2 is 2.03 bits per heavy atom. The average molecular weight is 487 g/mol. The van der Waals surface area contributed by atoms with Crippen molar-refractivity contribution in [1.82, 2.24) is 25.2 Å². The smallest absolute Gasteiger partial charge is 0.340 e. The number of hydrazone groups is 1. The van der Waals surface area contributed by atoms with Crippen LogP contribution in [-0.4, -0.2) is 37.4 Å². The van der Waals surface area contributed by atoms with Gasteiger partial charge in [0, 0.05) is 28.9 Å². The molecule has 0 fully saturated rings. The summed E-state index contributed by atoms with van der Waals surface area (Å²) in [5.74, 6) is -0.171. The third-order valence-electron chi connectivity index (χ3n) is 4.17. The Kier molecular flexibility index (Phi) is 6.43. The molecule has 2 heterocycles. The molecule has 2 N–H and O–H groups in total. The van der Waals surface area contributed by atoms with Crippen LogP contribution in [0.5, 0.6) is 11.5 Å². The minimum Gasteiger partial charge on any atom is -0.454 e. The molecule has 0 aliphatic carbocycles. The number of rotatable bonds is 6. The Morgan fingerprint density at radius 3 is 2.73 bits per heavy atom. The molecule has 0 unspecified atom stereocenters. The van der Waals surface area contributed by atoms with Gasteiger partial charge in [-0.3, -0.25) is 0 Å². The highest BCUT2D eigenvalue weighted by atomic mass is 35.5. The summed E-state index contributed by atoms with van der Waals surface area (Å²) in [4.78, 5) is 16.0. The van der Waals surface area contributed by atoms with Gasteiger partial charge in [0.25, 0.3) is 0 Å². The number of nitrogens with two attached hydrogens (primary N) is 1. The van der Waals surface area contributed by atoms with E-state index in [1.54, 1.807) is 12.1 Å². The monoisotopic (exact) mass is 486 g/mol. The number of hydrogen-bond donors (Lipinski definition) is 1. The Labute approximate surface area is 196 Å². The van der Waals surface area contributed by atoms with E-state index < -0.39 is 11.8 Å². The van der Waals surface area contributed by atoms with Crippen molar-refractivity contribution in [3.05, 3.63) is 82.5 Å². The van der Waals surface area contributed by atoms with E-state index in [1.165, 1.54) is 53.8 Å². The van der Waals surface area contributed by atoms with Crippen molar-refractivity contribution in [2.24, 2.45) is 10.8 Å². The number of carbonyl (C=O) groups is 1. The molecule has 33 heavy (non-hydrogen) atoms. The third kappa shape index (κ3) is 5.22. The summed E-state index contributed by atoms with van der Waals surface area (Å²) in [7, 11) is 0. The van der Waals surface area contributed by atoms with Gasteiger partial charge in [0.1, 0.15) is 12.1 Å². The number of amides is 2. The van der Waals surface area contributed by atoms with E-state index in [9.17, 15) is 9.18 Å². The van der Waals surface area contributed by atoms with E-state index in [2.05, 4.69) is 25.6 Å². The number of urea groups is 1. The normalized spacial score (nSPS) is 11.0. The third-order valence-corrected chi connectivity index (χ3v) is 4.73. The standard InChI is InChI=1S/C20H13Cl2FN8O2/c21-13-2-1-12(16(22)7-13)10-27-31(20(24)32)14-3-4-18(17(23)8-14)33-15-5-6-25-19(9-15)30-11-26-28-29-30/h1-11H,(H2,24,32)/b27-10+. The number of aromatic nitrogens is 5. The van der Waals surface area contributed by atoms with Crippen LogP contribution in [-0.2, 0) is 0 Å². The Hall–Kier alpha value is -4.09. The number of anilines is 1. The fourth-order valence-corrected chi connectivity index (χ4v) is 3.12. The molecule has 0 saturated heterocycles. The molecule has 4 rings (SSSR count). The highest BCUT2D eigenvalue weighted by Crippen LogP contribution is 2.29. The summed E-state index contributed by atoms with van der Waals surface area (Å²) in [6.07, 6.45) is 4.13. The number of benzene rings is 2. The first-order valence-corrected chi connectivity index (χ1v) is 9.92. The van der Waals surface area contributed by atoms with Crippen molar-refractivity contribution in [1.29, 1.82) is 0 Å². The molecule has 2 aromatic carbocycles. The molecule has 0 aliphatic rings. The highest BCUT2D eigenvalue weighted by molar-refractivity contribution is 6.36. The van der Waals surface area contributed by atoms with Gasteiger partial charge in [-0.2, -0.15) is 14.8 Å². The Balaban J connectivity index is 1.56. The molecule has 2 aromatic heterocycles. The minimum atomic E-state index is -0.926. The largest absolute Gasteiger partial charge is 0.454 e. The number of nitrogens with zero attached hydrogens (tertiary/aromatic N) is 7. The Morgan fingerprint density at radius 1 is 1.18 bits per heavy atom. The van der Waals surface area contributed by atoms with Gasteiger partial charge in [0.05, 0.1) is 16.9 Å². The first-order valence-electron chi connectivity index (χ1n) is 9.16. The zero-order chi connectivity index (χ0) is 23.4. The van der Waals surface area contributed by atoms with Crippen LogP contribution in [0.1, 0.15) is 5.56 Å². The molecule has 2 amide bonds. The summed E-state index contributed by atoms with van der Waals surface area (Å²) in [6, 6.07) is 10.7. The van der Waals surface area contributed by atoms with Crippen molar-refractivity contribution >= 4 is 41.1 Å². The number of pyridine rings is 1. The molecule has 0 bridgehead atoms. The second-order valence-corrected chi connectivity index (χ2v) is 7.23. The molecule has 0 aliphatic heterocycles. The maximum absolute atomic E-state index is 14.8. The first-order chi connectivity index (χ1) is 15.9. The number of ether oxygens (including phenoxy) is 1. The topological polar surface area (TPSA) is 124 Å². The van der Waals surface area contributed by atoms with Crippen LogP contribution in [0.25, 0.3) is 5.82 Å². The van der Waals surface area contributed by atoms with E-state index in [0.717, 1.165) is 11.1 Å². The lowest BCUT2D eigenvalue weighted by atomic mass is 10.2. The van der Waals surface area contributed by atoms with Crippen LogP contribution < -0.4 is 15.5 Å². The summed E-state index contributed by atoms with van der Waals surface area (Å²) in [5, 5.41) is 16.4. The Bertz CT molecular complexity index is 1330. The SMILES string of the molecule is NC(=O)N(/N=C/c1ccc(Cl)cc1Cl)c1ccc(Oc2ccnc(-n3cnnn3)c2)c(F)c1. The van der Waals surface area contributed by atoms with Crippen molar-refractivity contribution in [2.75, 3.05) is 5.01 Å². The molecule has 13 heteroatoms. The molecule has 4 aromatic rings. The van der Waals surface area contributed by atoms with E-state index in [1.807, 2.05) is 0 Å². The minimum absolute atomic E-state index is 0.0813. The number of carbonyl (C=O) groups excluding carboxylic acids is 1. The van der Waals surface area contributed by atoms with Gasteiger partial charge in [-0.15, -0.1) is 5.10 Å². The molecule has 0 saturated carbocycles. The molecule has 166 valence electrons. The first kappa shape index (κ1) is 22.1. The lowest BCUT2D eigenvalue weighted by molar-refractivity contribution is 0.254. The van der Waals surface area contributed by atoms with Crippen molar-refractivity contribution < 1.29 is 13.9 Å². The van der Waals surface area contributed by atoms with Crippen molar-refractivity contribution in [3.63, 3.8) is 0 Å². The predicted molar refractivity (Wildman–Crippen MR) is 120 cm³/mol. The van der Waals surface area contributed by atoms with Crippen LogP contribution in [0.3, 0.4) is 0 Å². The molecule has 10 nitrogen and oxygen atoms in total. The number of tetrazole rings is 1. The molecule has 0 spiro atoms. The second kappa shape index (κ2) is 9.59. The van der Waals surface area contributed by atoms with Crippen LogP contribution in [0, 0.1) is 5.82 Å². The van der Waals surface area contributed by atoms with Gasteiger partial charge in [0.15, 0.2) is 17.4 Å². The fourth-order valence-electron chi connectivity index (χ4n) is 2.66. The van der Waals surface area contributed by atoms with E-state index in [0.29, 0.717) is 27.2 Å². The maximum atomic E-state index is 14.8. The molecular formula is C20H13Cl2FN8O2. The average Bonchev–Trinajstić information content (AvgIpc) is 3.32. The second-order valence-electron chi connectivity index (χ2n) is 6.38. The van der Waals surface area contributed by atoms with E-state index >= 15 is 0 Å². The predicted octanol–water partition coefficient (Wildman–Crippen LogP) is 4.21. The van der Waals surface area contributed by atoms with Crippen molar-refractivity contribution in [2.45, 2.75) is 0 Å². The van der Waals surface area contributed by atoms with Gasteiger partial charge in [-0.05, 0) is 40.8 Å². The van der Waals surface area contributed by atoms with Crippen LogP contribution >= 0.6 is 23.2 Å². The van der Waals surface area contributed by atoms with E-state index in [4.69, 9.17) is 33.7 Å². The zero-order valence-corrected chi connectivity index (χ0v) is 18.0.